The summed E-state index contributed by atoms with van der Waals surface area (Å²) < 4.78 is 40.6. The molecule has 0 amide bonds. The Hall–Kier alpha value is -0.170. The maximum absolute atomic E-state index is 11.6. The van der Waals surface area contributed by atoms with Gasteiger partial charge in [0, 0.05) is 12.5 Å². The zero-order chi connectivity index (χ0) is 15.3. The van der Waals surface area contributed by atoms with Crippen molar-refractivity contribution in [2.45, 2.75) is 63.4 Å². The van der Waals surface area contributed by atoms with Crippen LogP contribution in [0.4, 0.5) is 0 Å². The van der Waals surface area contributed by atoms with Crippen molar-refractivity contribution in [2.75, 3.05) is 12.9 Å². The highest BCUT2D eigenvalue weighted by Gasteiger charge is 2.59. The van der Waals surface area contributed by atoms with E-state index in [9.17, 15) is 8.42 Å². The molecule has 22 heavy (non-hydrogen) atoms. The third kappa shape index (κ3) is 2.83. The highest BCUT2D eigenvalue weighted by Crippen LogP contribution is 2.60. The third-order valence-electron chi connectivity index (χ3n) is 6.13. The van der Waals surface area contributed by atoms with Gasteiger partial charge >= 0.3 is 0 Å². The Labute approximate surface area is 132 Å². The molecule has 6 heteroatoms. The van der Waals surface area contributed by atoms with Crippen molar-refractivity contribution in [3.8, 4) is 0 Å². The van der Waals surface area contributed by atoms with Gasteiger partial charge in [-0.05, 0) is 62.7 Å². The van der Waals surface area contributed by atoms with Gasteiger partial charge in [0.15, 0.2) is 6.29 Å². The summed E-state index contributed by atoms with van der Waals surface area (Å²) in [5.74, 6) is 2.15. The van der Waals surface area contributed by atoms with Gasteiger partial charge in [-0.3, -0.25) is 4.18 Å². The molecule has 1 saturated heterocycles. The number of hydrogen-bond acceptors (Lipinski definition) is 5. The number of rotatable bonds is 4. The fraction of sp³-hybridized carbons (Fsp3) is 1.00. The lowest BCUT2D eigenvalue weighted by atomic mass is 9.92. The van der Waals surface area contributed by atoms with E-state index >= 15 is 0 Å². The van der Waals surface area contributed by atoms with E-state index in [1.165, 1.54) is 12.8 Å². The maximum Gasteiger partial charge on any atom is 0.264 e. The predicted molar refractivity (Wildman–Crippen MR) is 80.6 cm³/mol. The van der Waals surface area contributed by atoms with E-state index in [-0.39, 0.29) is 24.4 Å². The molecule has 0 N–H and O–H groups in total. The van der Waals surface area contributed by atoms with Gasteiger partial charge in [0.25, 0.3) is 10.1 Å². The second kappa shape index (κ2) is 5.72. The lowest BCUT2D eigenvalue weighted by molar-refractivity contribution is -0.199. The first-order chi connectivity index (χ1) is 10.5. The van der Waals surface area contributed by atoms with Gasteiger partial charge in [-0.25, -0.2) is 0 Å². The van der Waals surface area contributed by atoms with Gasteiger partial charge in [0.1, 0.15) is 0 Å². The van der Waals surface area contributed by atoms with Gasteiger partial charge in [0.05, 0.1) is 18.5 Å². The number of ether oxygens (including phenoxy) is 2. The van der Waals surface area contributed by atoms with Crippen LogP contribution in [0.5, 0.6) is 0 Å². The SMILES string of the molecule is CS(=O)(=O)O[C@@H]1C[C@@H]2CC[C@@H]3C[C@H](O[C@@H]4CCCCO4)[C@H]1[C@H]32. The van der Waals surface area contributed by atoms with Crippen LogP contribution >= 0.6 is 0 Å². The minimum Gasteiger partial charge on any atom is -0.353 e. The highest BCUT2D eigenvalue weighted by atomic mass is 32.2. The Balaban J connectivity index is 1.50. The first-order valence-corrected chi connectivity index (χ1v) is 10.5. The first-order valence-electron chi connectivity index (χ1n) is 8.66. The van der Waals surface area contributed by atoms with Crippen LogP contribution in [0.3, 0.4) is 0 Å². The molecule has 4 fully saturated rings. The molecule has 0 bridgehead atoms. The zero-order valence-corrected chi connectivity index (χ0v) is 14.0. The second-order valence-electron chi connectivity index (χ2n) is 7.53. The lowest BCUT2D eigenvalue weighted by Gasteiger charge is -2.30. The highest BCUT2D eigenvalue weighted by molar-refractivity contribution is 7.86. The van der Waals surface area contributed by atoms with Crippen LogP contribution in [-0.4, -0.2) is 39.8 Å². The van der Waals surface area contributed by atoms with Gasteiger partial charge in [0.2, 0.25) is 0 Å². The molecule has 0 unspecified atom stereocenters. The average Bonchev–Trinajstić information content (AvgIpc) is 3.07. The molecular formula is C16H26O5S. The van der Waals surface area contributed by atoms with E-state index in [2.05, 4.69) is 0 Å². The topological polar surface area (TPSA) is 61.8 Å². The van der Waals surface area contributed by atoms with Crippen LogP contribution in [-0.2, 0) is 23.8 Å². The standard InChI is InChI=1S/C16H26O5S/c1-22(17,18)21-13-9-11-6-5-10-8-12(16(13)15(10)11)20-14-4-2-3-7-19-14/h10-16H,2-9H2,1H3/t10-,11+,12+,13-,14-,15-,16-/m1/s1. The molecule has 3 aliphatic carbocycles. The van der Waals surface area contributed by atoms with Gasteiger partial charge in [-0.2, -0.15) is 8.42 Å². The molecule has 126 valence electrons. The second-order valence-corrected chi connectivity index (χ2v) is 9.13. The van der Waals surface area contributed by atoms with Crippen molar-refractivity contribution in [3.05, 3.63) is 0 Å². The van der Waals surface area contributed by atoms with E-state index in [1.807, 2.05) is 0 Å². The van der Waals surface area contributed by atoms with Gasteiger partial charge in [-0.1, -0.05) is 0 Å². The van der Waals surface area contributed by atoms with E-state index in [0.29, 0.717) is 17.8 Å². The van der Waals surface area contributed by atoms with Crippen molar-refractivity contribution in [1.82, 2.24) is 0 Å². The average molecular weight is 330 g/mol. The van der Waals surface area contributed by atoms with Crippen LogP contribution in [0, 0.1) is 23.7 Å². The van der Waals surface area contributed by atoms with Gasteiger partial charge < -0.3 is 9.47 Å². The van der Waals surface area contributed by atoms with E-state index in [4.69, 9.17) is 13.7 Å². The zero-order valence-electron chi connectivity index (χ0n) is 13.1. The summed E-state index contributed by atoms with van der Waals surface area (Å²) in [5.41, 5.74) is 0. The van der Waals surface area contributed by atoms with Crippen molar-refractivity contribution >= 4 is 10.1 Å². The smallest absolute Gasteiger partial charge is 0.264 e. The van der Waals surface area contributed by atoms with Crippen LogP contribution in [0.25, 0.3) is 0 Å². The van der Waals surface area contributed by atoms with Crippen LogP contribution < -0.4 is 0 Å². The Kier molecular flexibility index (Phi) is 4.00. The molecule has 7 atom stereocenters. The molecule has 0 aromatic rings. The van der Waals surface area contributed by atoms with Crippen molar-refractivity contribution in [3.63, 3.8) is 0 Å². The molecule has 4 rings (SSSR count). The van der Waals surface area contributed by atoms with Gasteiger partial charge in [-0.15, -0.1) is 0 Å². The summed E-state index contributed by atoms with van der Waals surface area (Å²) in [6.07, 6.45) is 8.62. The third-order valence-corrected chi connectivity index (χ3v) is 6.73. The molecule has 3 saturated carbocycles. The fourth-order valence-electron chi connectivity index (χ4n) is 5.51. The minimum absolute atomic E-state index is 0.101. The number of hydrogen-bond donors (Lipinski definition) is 0. The van der Waals surface area contributed by atoms with E-state index in [0.717, 1.165) is 45.0 Å². The Morgan fingerprint density at radius 2 is 1.68 bits per heavy atom. The fourth-order valence-corrected chi connectivity index (χ4v) is 6.17. The minimum atomic E-state index is -3.41. The summed E-state index contributed by atoms with van der Waals surface area (Å²) >= 11 is 0. The Morgan fingerprint density at radius 3 is 2.32 bits per heavy atom. The molecule has 0 aromatic carbocycles. The molecule has 0 radical (unpaired) electrons. The van der Waals surface area contributed by atoms with Crippen molar-refractivity contribution < 1.29 is 22.1 Å². The quantitative estimate of drug-likeness (QED) is 0.740. The largest absolute Gasteiger partial charge is 0.353 e. The Morgan fingerprint density at radius 1 is 0.955 bits per heavy atom. The van der Waals surface area contributed by atoms with Crippen LogP contribution in [0.1, 0.15) is 44.9 Å². The van der Waals surface area contributed by atoms with Crippen molar-refractivity contribution in [1.29, 1.82) is 0 Å². The van der Waals surface area contributed by atoms with Crippen LogP contribution in [0.2, 0.25) is 0 Å². The van der Waals surface area contributed by atoms with Crippen molar-refractivity contribution in [2.24, 2.45) is 23.7 Å². The molecule has 5 nitrogen and oxygen atoms in total. The summed E-state index contributed by atoms with van der Waals surface area (Å²) in [5, 5.41) is 0. The summed E-state index contributed by atoms with van der Waals surface area (Å²) in [6, 6.07) is 0. The Bertz CT molecular complexity index is 513. The predicted octanol–water partition coefficient (Wildman–Crippen LogP) is 2.31. The maximum atomic E-state index is 11.6. The lowest BCUT2D eigenvalue weighted by Crippen LogP contribution is -2.36. The van der Waals surface area contributed by atoms with Crippen LogP contribution in [0.15, 0.2) is 0 Å². The van der Waals surface area contributed by atoms with E-state index < -0.39 is 10.1 Å². The molecule has 1 aliphatic heterocycles. The summed E-state index contributed by atoms with van der Waals surface area (Å²) in [4.78, 5) is 0. The van der Waals surface area contributed by atoms with E-state index in [1.54, 1.807) is 0 Å². The molecule has 4 aliphatic rings. The molecule has 0 aromatic heterocycles. The molecular weight excluding hydrogens is 304 g/mol. The molecule has 1 heterocycles. The summed E-state index contributed by atoms with van der Waals surface area (Å²) in [7, 11) is -3.41. The summed E-state index contributed by atoms with van der Waals surface area (Å²) in [6.45, 7) is 0.779. The monoisotopic (exact) mass is 330 g/mol. The molecule has 0 spiro atoms. The normalized spacial score (nSPS) is 47.8. The first kappa shape index (κ1) is 15.4.